The number of methoxy groups -OCH3 is 1. The maximum atomic E-state index is 5.50. The van der Waals surface area contributed by atoms with Gasteiger partial charge in [-0.05, 0) is 64.2 Å². The second-order valence-electron chi connectivity index (χ2n) is 6.18. The summed E-state index contributed by atoms with van der Waals surface area (Å²) in [5.74, 6) is 0.897. The predicted molar refractivity (Wildman–Crippen MR) is 75.9 cm³/mol. The summed E-state index contributed by atoms with van der Waals surface area (Å²) >= 11 is 0. The van der Waals surface area contributed by atoms with E-state index in [1.807, 2.05) is 7.11 Å². The summed E-state index contributed by atoms with van der Waals surface area (Å²) in [6.45, 7) is 8.15. The van der Waals surface area contributed by atoms with Gasteiger partial charge in [0, 0.05) is 12.6 Å². The smallest absolute Gasteiger partial charge is 0.0644 e. The molecule has 0 aromatic carbocycles. The van der Waals surface area contributed by atoms with E-state index in [1.54, 1.807) is 0 Å². The number of rotatable bonds is 5. The first kappa shape index (κ1) is 14.3. The number of likely N-dealkylation sites (tertiary alicyclic amines) is 1. The third-order valence-electron chi connectivity index (χ3n) is 4.84. The first-order chi connectivity index (χ1) is 8.78. The van der Waals surface area contributed by atoms with E-state index in [4.69, 9.17) is 4.74 Å². The molecule has 2 rings (SSSR count). The second-order valence-corrected chi connectivity index (χ2v) is 6.18. The van der Waals surface area contributed by atoms with E-state index in [1.165, 1.54) is 64.7 Å². The summed E-state index contributed by atoms with van der Waals surface area (Å²) in [6, 6.07) is 0. The third-order valence-corrected chi connectivity index (χ3v) is 4.84. The number of nitrogens with zero attached hydrogens (tertiary/aromatic N) is 1. The molecule has 3 heteroatoms. The zero-order chi connectivity index (χ0) is 12.8. The summed E-state index contributed by atoms with van der Waals surface area (Å²) in [6.07, 6.45) is 8.07. The lowest BCUT2D eigenvalue weighted by molar-refractivity contribution is 0.0594. The van der Waals surface area contributed by atoms with Gasteiger partial charge in [0.25, 0.3) is 0 Å². The molecule has 1 unspecified atom stereocenters. The van der Waals surface area contributed by atoms with Crippen molar-refractivity contribution < 1.29 is 4.74 Å². The number of piperidine rings is 2. The minimum Gasteiger partial charge on any atom is -0.383 e. The minimum atomic E-state index is 0.284. The summed E-state index contributed by atoms with van der Waals surface area (Å²) in [5, 5.41) is 3.77. The monoisotopic (exact) mass is 254 g/mol. The summed E-state index contributed by atoms with van der Waals surface area (Å²) < 4.78 is 5.50. The molecule has 2 saturated heterocycles. The number of nitrogens with one attached hydrogen (secondary N) is 1. The van der Waals surface area contributed by atoms with Gasteiger partial charge in [0.05, 0.1) is 6.61 Å². The molecule has 2 aliphatic rings. The lowest BCUT2D eigenvalue weighted by Gasteiger charge is -2.42. The molecule has 0 amide bonds. The predicted octanol–water partition coefficient (Wildman–Crippen LogP) is 2.27. The maximum Gasteiger partial charge on any atom is 0.0644 e. The van der Waals surface area contributed by atoms with E-state index in [2.05, 4.69) is 17.1 Å². The summed E-state index contributed by atoms with van der Waals surface area (Å²) in [7, 11) is 1.84. The highest BCUT2D eigenvalue weighted by atomic mass is 16.5. The summed E-state index contributed by atoms with van der Waals surface area (Å²) in [5.41, 5.74) is 0.284. The Labute approximate surface area is 112 Å². The molecule has 2 heterocycles. The van der Waals surface area contributed by atoms with Crippen LogP contribution in [0.15, 0.2) is 0 Å². The molecule has 0 aliphatic carbocycles. The molecule has 0 bridgehead atoms. The molecule has 2 fully saturated rings. The molecule has 0 aromatic heterocycles. The Balaban J connectivity index is 1.85. The van der Waals surface area contributed by atoms with Crippen LogP contribution in [0.2, 0.25) is 0 Å². The molecule has 0 saturated carbocycles. The SMILES string of the molecule is CCN1CCC(CC2(COC)CCCCN2)CC1. The van der Waals surface area contributed by atoms with E-state index in [0.29, 0.717) is 0 Å². The first-order valence-corrected chi connectivity index (χ1v) is 7.74. The van der Waals surface area contributed by atoms with Crippen LogP contribution < -0.4 is 5.32 Å². The Morgan fingerprint density at radius 1 is 1.28 bits per heavy atom. The van der Waals surface area contributed by atoms with E-state index >= 15 is 0 Å². The summed E-state index contributed by atoms with van der Waals surface area (Å²) in [4.78, 5) is 2.58. The van der Waals surface area contributed by atoms with Gasteiger partial charge in [0.1, 0.15) is 0 Å². The van der Waals surface area contributed by atoms with Crippen LogP contribution in [-0.2, 0) is 4.74 Å². The van der Waals surface area contributed by atoms with Crippen molar-refractivity contribution >= 4 is 0 Å². The Bertz CT molecular complexity index is 225. The van der Waals surface area contributed by atoms with Gasteiger partial charge < -0.3 is 15.0 Å². The second kappa shape index (κ2) is 6.88. The van der Waals surface area contributed by atoms with Crippen LogP contribution in [0.25, 0.3) is 0 Å². The lowest BCUT2D eigenvalue weighted by atomic mass is 9.78. The van der Waals surface area contributed by atoms with Gasteiger partial charge in [0.15, 0.2) is 0 Å². The highest BCUT2D eigenvalue weighted by Gasteiger charge is 2.35. The van der Waals surface area contributed by atoms with Gasteiger partial charge in [-0.1, -0.05) is 13.3 Å². The van der Waals surface area contributed by atoms with Crippen LogP contribution in [0, 0.1) is 5.92 Å². The molecule has 1 atom stereocenters. The topological polar surface area (TPSA) is 24.5 Å². The van der Waals surface area contributed by atoms with Crippen molar-refractivity contribution in [2.45, 2.75) is 51.0 Å². The van der Waals surface area contributed by atoms with E-state index in [0.717, 1.165) is 12.5 Å². The third kappa shape index (κ3) is 3.69. The average Bonchev–Trinajstić information content (AvgIpc) is 2.41. The highest BCUT2D eigenvalue weighted by Crippen LogP contribution is 2.31. The molecular formula is C15H30N2O. The quantitative estimate of drug-likeness (QED) is 0.814. The van der Waals surface area contributed by atoms with Crippen LogP contribution in [0.3, 0.4) is 0 Å². The number of hydrogen-bond acceptors (Lipinski definition) is 3. The van der Waals surface area contributed by atoms with Gasteiger partial charge in [-0.15, -0.1) is 0 Å². The average molecular weight is 254 g/mol. The Hall–Kier alpha value is -0.120. The molecular weight excluding hydrogens is 224 g/mol. The minimum absolute atomic E-state index is 0.284. The largest absolute Gasteiger partial charge is 0.383 e. The fourth-order valence-corrected chi connectivity index (χ4v) is 3.72. The molecule has 0 radical (unpaired) electrons. The van der Waals surface area contributed by atoms with Crippen LogP contribution >= 0.6 is 0 Å². The van der Waals surface area contributed by atoms with Gasteiger partial charge in [-0.25, -0.2) is 0 Å². The maximum absolute atomic E-state index is 5.50. The van der Waals surface area contributed by atoms with Crippen LogP contribution in [0.5, 0.6) is 0 Å². The van der Waals surface area contributed by atoms with Gasteiger partial charge in [-0.3, -0.25) is 0 Å². The normalized spacial score (nSPS) is 31.7. The fourth-order valence-electron chi connectivity index (χ4n) is 3.72. The zero-order valence-electron chi connectivity index (χ0n) is 12.2. The van der Waals surface area contributed by atoms with Crippen LogP contribution in [-0.4, -0.2) is 50.3 Å². The molecule has 0 spiro atoms. The number of ether oxygens (including phenoxy) is 1. The van der Waals surface area contributed by atoms with E-state index in [9.17, 15) is 0 Å². The van der Waals surface area contributed by atoms with Crippen LogP contribution in [0.1, 0.15) is 45.4 Å². The molecule has 18 heavy (non-hydrogen) atoms. The molecule has 106 valence electrons. The Morgan fingerprint density at radius 3 is 2.61 bits per heavy atom. The molecule has 2 aliphatic heterocycles. The molecule has 3 nitrogen and oxygen atoms in total. The van der Waals surface area contributed by atoms with E-state index < -0.39 is 0 Å². The first-order valence-electron chi connectivity index (χ1n) is 7.74. The standard InChI is InChI=1S/C15H30N2O/c1-3-17-10-6-14(7-11-17)12-15(13-18-2)8-4-5-9-16-15/h14,16H,3-13H2,1-2H3. The van der Waals surface area contributed by atoms with Gasteiger partial charge in [0.2, 0.25) is 0 Å². The van der Waals surface area contributed by atoms with Crippen LogP contribution in [0.4, 0.5) is 0 Å². The molecule has 0 aromatic rings. The highest BCUT2D eigenvalue weighted by molar-refractivity contribution is 4.93. The van der Waals surface area contributed by atoms with Crippen molar-refractivity contribution in [1.82, 2.24) is 10.2 Å². The van der Waals surface area contributed by atoms with Crippen molar-refractivity contribution in [3.8, 4) is 0 Å². The van der Waals surface area contributed by atoms with Crippen molar-refractivity contribution in [2.75, 3.05) is 39.9 Å². The fraction of sp³-hybridized carbons (Fsp3) is 1.00. The van der Waals surface area contributed by atoms with Crippen molar-refractivity contribution in [1.29, 1.82) is 0 Å². The lowest BCUT2D eigenvalue weighted by Crippen LogP contribution is -2.53. The van der Waals surface area contributed by atoms with Crippen molar-refractivity contribution in [2.24, 2.45) is 5.92 Å². The van der Waals surface area contributed by atoms with Crippen molar-refractivity contribution in [3.05, 3.63) is 0 Å². The Kier molecular flexibility index (Phi) is 5.46. The van der Waals surface area contributed by atoms with Crippen molar-refractivity contribution in [3.63, 3.8) is 0 Å². The van der Waals surface area contributed by atoms with Gasteiger partial charge >= 0.3 is 0 Å². The number of hydrogen-bond donors (Lipinski definition) is 1. The zero-order valence-corrected chi connectivity index (χ0v) is 12.2. The van der Waals surface area contributed by atoms with E-state index in [-0.39, 0.29) is 5.54 Å². The van der Waals surface area contributed by atoms with Gasteiger partial charge in [-0.2, -0.15) is 0 Å². The Morgan fingerprint density at radius 2 is 2.06 bits per heavy atom. The molecule has 1 N–H and O–H groups in total.